The summed E-state index contributed by atoms with van der Waals surface area (Å²) in [5, 5.41) is 0. The maximum Gasteiger partial charge on any atom is 0.148 e. The minimum absolute atomic E-state index is 0.834. The Balaban J connectivity index is 0.000000336. The van der Waals surface area contributed by atoms with E-state index in [4.69, 9.17) is 4.79 Å². The topological polar surface area (TPSA) is 30.0 Å². The number of nitrogens with zero attached hydrogens (tertiary/aromatic N) is 1. The van der Waals surface area contributed by atoms with Gasteiger partial charge in [0.25, 0.3) is 0 Å². The summed E-state index contributed by atoms with van der Waals surface area (Å²) in [7, 11) is 0. The SMILES string of the molecule is C=O.Sc1nc2ccccc2s1. The summed E-state index contributed by atoms with van der Waals surface area (Å²) in [5.74, 6) is 0. The van der Waals surface area contributed by atoms with Crippen molar-refractivity contribution in [2.45, 2.75) is 4.34 Å². The van der Waals surface area contributed by atoms with Crippen LogP contribution in [0.25, 0.3) is 10.2 Å². The molecule has 4 heteroatoms. The molecule has 0 fully saturated rings. The molecule has 62 valence electrons. The van der Waals surface area contributed by atoms with Gasteiger partial charge in [-0.15, -0.1) is 24.0 Å². The Kier molecular flexibility index (Phi) is 3.25. The molecule has 0 aliphatic carbocycles. The fourth-order valence-corrected chi connectivity index (χ4v) is 1.97. The van der Waals surface area contributed by atoms with E-state index in [0.29, 0.717) is 0 Å². The van der Waals surface area contributed by atoms with Crippen LogP contribution < -0.4 is 0 Å². The van der Waals surface area contributed by atoms with Crippen LogP contribution in [0.15, 0.2) is 28.6 Å². The molecule has 2 nitrogen and oxygen atoms in total. The lowest BCUT2D eigenvalue weighted by atomic mass is 10.3. The number of benzene rings is 1. The molecule has 0 saturated heterocycles. The Hall–Kier alpha value is -0.870. The van der Waals surface area contributed by atoms with Crippen LogP contribution in [0.5, 0.6) is 0 Å². The summed E-state index contributed by atoms with van der Waals surface area (Å²) < 4.78 is 2.04. The van der Waals surface area contributed by atoms with Crippen molar-refractivity contribution in [3.05, 3.63) is 24.3 Å². The molecule has 2 aromatic rings. The van der Waals surface area contributed by atoms with E-state index in [9.17, 15) is 0 Å². The minimum Gasteiger partial charge on any atom is -0.307 e. The first-order valence-electron chi connectivity index (χ1n) is 3.20. The van der Waals surface area contributed by atoms with E-state index in [2.05, 4.69) is 17.6 Å². The van der Waals surface area contributed by atoms with E-state index in [1.807, 2.05) is 31.1 Å². The summed E-state index contributed by atoms with van der Waals surface area (Å²) >= 11 is 5.76. The molecule has 0 spiro atoms. The van der Waals surface area contributed by atoms with Gasteiger partial charge >= 0.3 is 0 Å². The fourth-order valence-electron chi connectivity index (χ4n) is 0.860. The summed E-state index contributed by atoms with van der Waals surface area (Å²) in [5.41, 5.74) is 1.04. The number of hydrogen-bond donors (Lipinski definition) is 1. The molecule has 0 amide bonds. The molecule has 1 aromatic heterocycles. The third kappa shape index (κ3) is 1.84. The number of thiazole rings is 1. The zero-order valence-corrected chi connectivity index (χ0v) is 7.94. The van der Waals surface area contributed by atoms with Gasteiger partial charge in [-0.2, -0.15) is 0 Å². The molecule has 0 radical (unpaired) electrons. The molecule has 0 saturated carbocycles. The predicted molar refractivity (Wildman–Crippen MR) is 54.0 cm³/mol. The van der Waals surface area contributed by atoms with Crippen molar-refractivity contribution in [1.29, 1.82) is 0 Å². The molecule has 1 aromatic carbocycles. The van der Waals surface area contributed by atoms with Gasteiger partial charge in [0.2, 0.25) is 0 Å². The zero-order valence-electron chi connectivity index (χ0n) is 6.23. The van der Waals surface area contributed by atoms with Crippen LogP contribution in [0.2, 0.25) is 0 Å². The predicted octanol–water partition coefficient (Wildman–Crippen LogP) is 2.40. The molecule has 0 aliphatic rings. The quantitative estimate of drug-likeness (QED) is 0.657. The first-order valence-corrected chi connectivity index (χ1v) is 4.46. The molecule has 0 N–H and O–H groups in total. The smallest absolute Gasteiger partial charge is 0.148 e. The molecule has 0 aliphatic heterocycles. The second kappa shape index (κ2) is 4.23. The first kappa shape index (κ1) is 9.22. The summed E-state index contributed by atoms with van der Waals surface area (Å²) in [6.45, 7) is 2.00. The van der Waals surface area contributed by atoms with Gasteiger partial charge in [0, 0.05) is 0 Å². The highest BCUT2D eigenvalue weighted by Crippen LogP contribution is 2.23. The van der Waals surface area contributed by atoms with Crippen LogP contribution >= 0.6 is 24.0 Å². The van der Waals surface area contributed by atoms with Gasteiger partial charge in [-0.25, -0.2) is 4.98 Å². The van der Waals surface area contributed by atoms with Gasteiger partial charge in [-0.05, 0) is 12.1 Å². The zero-order chi connectivity index (χ0) is 8.97. The number of carbonyl (C=O) groups excluding carboxylic acids is 1. The van der Waals surface area contributed by atoms with Gasteiger partial charge in [0.1, 0.15) is 11.1 Å². The standard InChI is InChI=1S/C7H5NS2.CH2O/c9-7-8-5-3-1-2-4-6(5)10-7;1-2/h1-4H,(H,8,9);1H2. The Bertz CT molecular complexity index is 339. The monoisotopic (exact) mass is 197 g/mol. The Labute approximate surface area is 79.7 Å². The van der Waals surface area contributed by atoms with Crippen LogP contribution in [0.3, 0.4) is 0 Å². The maximum atomic E-state index is 8.00. The van der Waals surface area contributed by atoms with Crippen LogP contribution in [-0.2, 0) is 4.79 Å². The highest BCUT2D eigenvalue weighted by atomic mass is 32.2. The van der Waals surface area contributed by atoms with Crippen molar-refractivity contribution in [2.75, 3.05) is 0 Å². The first-order chi connectivity index (χ1) is 5.86. The van der Waals surface area contributed by atoms with E-state index >= 15 is 0 Å². The van der Waals surface area contributed by atoms with Gasteiger partial charge in [-0.1, -0.05) is 12.1 Å². The highest BCUT2D eigenvalue weighted by Gasteiger charge is 1.96. The Morgan fingerprint density at radius 1 is 1.33 bits per heavy atom. The lowest BCUT2D eigenvalue weighted by Crippen LogP contribution is -1.63. The summed E-state index contributed by atoms with van der Waals surface area (Å²) in [6.07, 6.45) is 0. The average Bonchev–Trinajstić information content (AvgIpc) is 2.48. The second-order valence-electron chi connectivity index (χ2n) is 1.96. The molecule has 0 unspecified atom stereocenters. The van der Waals surface area contributed by atoms with Crippen LogP contribution in [0.1, 0.15) is 0 Å². The lowest BCUT2D eigenvalue weighted by Gasteiger charge is -1.80. The molecule has 0 atom stereocenters. The molecule has 0 bridgehead atoms. The number of para-hydroxylation sites is 1. The van der Waals surface area contributed by atoms with E-state index in [0.717, 1.165) is 9.86 Å². The van der Waals surface area contributed by atoms with Crippen LogP contribution in [0, 0.1) is 0 Å². The maximum absolute atomic E-state index is 8.00. The van der Waals surface area contributed by atoms with Crippen molar-refractivity contribution in [1.82, 2.24) is 4.98 Å². The average molecular weight is 197 g/mol. The van der Waals surface area contributed by atoms with Gasteiger partial charge in [0.05, 0.1) is 10.2 Å². The van der Waals surface area contributed by atoms with Crippen LogP contribution in [0.4, 0.5) is 0 Å². The molecular weight excluding hydrogens is 190 g/mol. The summed E-state index contributed by atoms with van der Waals surface area (Å²) in [6, 6.07) is 8.03. The van der Waals surface area contributed by atoms with Crippen molar-refractivity contribution in [3.63, 3.8) is 0 Å². The number of rotatable bonds is 0. The Morgan fingerprint density at radius 3 is 2.67 bits per heavy atom. The number of aromatic nitrogens is 1. The second-order valence-corrected chi connectivity index (χ2v) is 3.72. The van der Waals surface area contributed by atoms with Crippen molar-refractivity contribution in [3.8, 4) is 0 Å². The van der Waals surface area contributed by atoms with E-state index in [1.165, 1.54) is 4.70 Å². The number of fused-ring (bicyclic) bond motifs is 1. The van der Waals surface area contributed by atoms with Crippen molar-refractivity contribution >= 4 is 41.0 Å². The minimum atomic E-state index is 0.834. The third-order valence-corrected chi connectivity index (χ3v) is 2.50. The normalized spacial score (nSPS) is 9.08. The fraction of sp³-hybridized carbons (Fsp3) is 0. The largest absolute Gasteiger partial charge is 0.307 e. The van der Waals surface area contributed by atoms with E-state index in [-0.39, 0.29) is 0 Å². The Morgan fingerprint density at radius 2 is 2.00 bits per heavy atom. The highest BCUT2D eigenvalue weighted by molar-refractivity contribution is 7.82. The molecular formula is C8H7NOS2. The van der Waals surface area contributed by atoms with Gasteiger partial charge in [0.15, 0.2) is 0 Å². The third-order valence-electron chi connectivity index (χ3n) is 1.28. The van der Waals surface area contributed by atoms with E-state index < -0.39 is 0 Å². The number of hydrogen-bond acceptors (Lipinski definition) is 4. The van der Waals surface area contributed by atoms with Crippen LogP contribution in [-0.4, -0.2) is 11.8 Å². The van der Waals surface area contributed by atoms with Crippen molar-refractivity contribution < 1.29 is 4.79 Å². The molecule has 12 heavy (non-hydrogen) atoms. The number of carbonyl (C=O) groups is 1. The number of thiol groups is 1. The van der Waals surface area contributed by atoms with Gasteiger partial charge in [-0.3, -0.25) is 0 Å². The van der Waals surface area contributed by atoms with Gasteiger partial charge < -0.3 is 4.79 Å². The van der Waals surface area contributed by atoms with E-state index in [1.54, 1.807) is 11.3 Å². The molecule has 2 rings (SSSR count). The van der Waals surface area contributed by atoms with Crippen molar-refractivity contribution in [2.24, 2.45) is 0 Å². The molecule has 1 heterocycles. The summed E-state index contributed by atoms with van der Waals surface area (Å²) in [4.78, 5) is 12.2. The lowest BCUT2D eigenvalue weighted by molar-refractivity contribution is -0.0979.